The molecule has 0 spiro atoms. The van der Waals surface area contributed by atoms with E-state index in [0.717, 1.165) is 13.0 Å². The van der Waals surface area contributed by atoms with Gasteiger partial charge in [0.1, 0.15) is 18.0 Å². The normalized spacial score (nSPS) is 10.2. The highest BCUT2D eigenvalue weighted by atomic mass is 16.1. The summed E-state index contributed by atoms with van der Waals surface area (Å²) in [5.41, 5.74) is 0.265. The Labute approximate surface area is 110 Å². The molecule has 0 fully saturated rings. The van der Waals surface area contributed by atoms with Crippen LogP contribution in [0.25, 0.3) is 0 Å². The summed E-state index contributed by atoms with van der Waals surface area (Å²) in [5, 5.41) is 19.9. The van der Waals surface area contributed by atoms with E-state index >= 15 is 0 Å². The third-order valence-electron chi connectivity index (χ3n) is 2.33. The van der Waals surface area contributed by atoms with Gasteiger partial charge in [0.25, 0.3) is 5.91 Å². The van der Waals surface area contributed by atoms with Gasteiger partial charge in [0.2, 0.25) is 0 Å². The standard InChI is InChI=1S/C11H15N7O/c1-2-5-12-9-4-3-8(16-18-9)11(19)13-6-10-14-7-15-17-10/h3-4,7H,2,5-6H2,1H3,(H,12,18)(H,13,19)(H,14,15,17). The fourth-order valence-electron chi connectivity index (χ4n) is 1.37. The second kappa shape index (κ2) is 6.43. The Morgan fingerprint density at radius 1 is 1.37 bits per heavy atom. The molecule has 2 aromatic heterocycles. The van der Waals surface area contributed by atoms with Crippen molar-refractivity contribution in [2.75, 3.05) is 11.9 Å². The zero-order chi connectivity index (χ0) is 13.5. The number of carbonyl (C=O) groups excluding carboxylic acids is 1. The van der Waals surface area contributed by atoms with Crippen LogP contribution in [0, 0.1) is 0 Å². The second-order valence-corrected chi connectivity index (χ2v) is 3.85. The Bertz CT molecular complexity index is 508. The summed E-state index contributed by atoms with van der Waals surface area (Å²) >= 11 is 0. The third kappa shape index (κ3) is 3.73. The maximum atomic E-state index is 11.8. The first kappa shape index (κ1) is 12.9. The topological polar surface area (TPSA) is 108 Å². The maximum absolute atomic E-state index is 11.8. The van der Waals surface area contributed by atoms with Crippen molar-refractivity contribution in [3.05, 3.63) is 30.0 Å². The first-order valence-corrected chi connectivity index (χ1v) is 5.99. The van der Waals surface area contributed by atoms with Crippen molar-refractivity contribution in [3.63, 3.8) is 0 Å². The minimum atomic E-state index is -0.300. The van der Waals surface area contributed by atoms with Gasteiger partial charge < -0.3 is 10.6 Å². The quantitative estimate of drug-likeness (QED) is 0.692. The predicted molar refractivity (Wildman–Crippen MR) is 68.4 cm³/mol. The number of nitrogens with one attached hydrogen (secondary N) is 3. The van der Waals surface area contributed by atoms with Crippen molar-refractivity contribution in [2.45, 2.75) is 19.9 Å². The van der Waals surface area contributed by atoms with Crippen LogP contribution in [0.4, 0.5) is 5.82 Å². The van der Waals surface area contributed by atoms with Gasteiger partial charge in [0.05, 0.1) is 6.54 Å². The average Bonchev–Trinajstić information content (AvgIpc) is 2.96. The van der Waals surface area contributed by atoms with Crippen LogP contribution in [0.1, 0.15) is 29.7 Å². The molecule has 2 heterocycles. The molecule has 0 aliphatic carbocycles. The molecule has 0 aliphatic heterocycles. The Morgan fingerprint density at radius 2 is 2.26 bits per heavy atom. The number of nitrogens with zero attached hydrogens (tertiary/aromatic N) is 4. The third-order valence-corrected chi connectivity index (χ3v) is 2.33. The molecule has 2 aromatic rings. The summed E-state index contributed by atoms with van der Waals surface area (Å²) in [6, 6.07) is 3.35. The van der Waals surface area contributed by atoms with Gasteiger partial charge in [0, 0.05) is 6.54 Å². The van der Waals surface area contributed by atoms with Gasteiger partial charge in [-0.3, -0.25) is 9.89 Å². The molecule has 8 heteroatoms. The largest absolute Gasteiger partial charge is 0.369 e. The Morgan fingerprint density at radius 3 is 2.89 bits per heavy atom. The zero-order valence-electron chi connectivity index (χ0n) is 10.6. The first-order chi connectivity index (χ1) is 9.29. The van der Waals surface area contributed by atoms with E-state index in [2.05, 4.69) is 42.9 Å². The minimum absolute atomic E-state index is 0.265. The van der Waals surface area contributed by atoms with Crippen LogP contribution in [0.15, 0.2) is 18.5 Å². The number of H-pyrrole nitrogens is 1. The van der Waals surface area contributed by atoms with Gasteiger partial charge in [-0.25, -0.2) is 4.98 Å². The van der Waals surface area contributed by atoms with E-state index in [1.807, 2.05) is 0 Å². The van der Waals surface area contributed by atoms with Gasteiger partial charge >= 0.3 is 0 Å². The Hall–Kier alpha value is -2.51. The van der Waals surface area contributed by atoms with Gasteiger partial charge in [-0.15, -0.1) is 10.2 Å². The van der Waals surface area contributed by atoms with Crippen molar-refractivity contribution >= 4 is 11.7 Å². The van der Waals surface area contributed by atoms with E-state index in [-0.39, 0.29) is 18.1 Å². The zero-order valence-corrected chi connectivity index (χ0v) is 10.6. The van der Waals surface area contributed by atoms with Crippen molar-refractivity contribution < 1.29 is 4.79 Å². The van der Waals surface area contributed by atoms with Crippen molar-refractivity contribution in [2.24, 2.45) is 0 Å². The molecule has 0 aliphatic rings. The summed E-state index contributed by atoms with van der Waals surface area (Å²) in [5.74, 6) is 0.946. The molecule has 2 rings (SSSR count). The molecule has 0 saturated carbocycles. The number of anilines is 1. The lowest BCUT2D eigenvalue weighted by Crippen LogP contribution is -2.24. The fraction of sp³-hybridized carbons (Fsp3) is 0.364. The van der Waals surface area contributed by atoms with E-state index in [4.69, 9.17) is 0 Å². The van der Waals surface area contributed by atoms with Crippen molar-refractivity contribution in [1.29, 1.82) is 0 Å². The highest BCUT2D eigenvalue weighted by Gasteiger charge is 2.08. The fourth-order valence-corrected chi connectivity index (χ4v) is 1.37. The molecule has 0 atom stereocenters. The van der Waals surface area contributed by atoms with Gasteiger partial charge in [-0.1, -0.05) is 6.92 Å². The van der Waals surface area contributed by atoms with Crippen LogP contribution in [-0.2, 0) is 6.54 Å². The average molecular weight is 261 g/mol. The summed E-state index contributed by atoms with van der Waals surface area (Å²) in [6.45, 7) is 3.16. The second-order valence-electron chi connectivity index (χ2n) is 3.85. The van der Waals surface area contributed by atoms with E-state index in [1.165, 1.54) is 6.33 Å². The SMILES string of the molecule is CCCNc1ccc(C(=O)NCc2ncn[nH]2)nn1. The summed E-state index contributed by atoms with van der Waals surface area (Å²) < 4.78 is 0. The number of hydrogen-bond acceptors (Lipinski definition) is 6. The highest BCUT2D eigenvalue weighted by molar-refractivity contribution is 5.92. The molecular weight excluding hydrogens is 246 g/mol. The maximum Gasteiger partial charge on any atom is 0.272 e. The number of hydrogen-bond donors (Lipinski definition) is 3. The van der Waals surface area contributed by atoms with E-state index < -0.39 is 0 Å². The lowest BCUT2D eigenvalue weighted by Gasteiger charge is -2.04. The summed E-state index contributed by atoms with van der Waals surface area (Å²) in [7, 11) is 0. The lowest BCUT2D eigenvalue weighted by atomic mass is 10.3. The molecule has 19 heavy (non-hydrogen) atoms. The molecule has 0 unspecified atom stereocenters. The molecule has 3 N–H and O–H groups in total. The summed E-state index contributed by atoms with van der Waals surface area (Å²) in [6.07, 6.45) is 2.39. The number of amides is 1. The highest BCUT2D eigenvalue weighted by Crippen LogP contribution is 2.02. The van der Waals surface area contributed by atoms with E-state index in [1.54, 1.807) is 12.1 Å². The number of rotatable bonds is 6. The molecule has 100 valence electrons. The Balaban J connectivity index is 1.88. The van der Waals surface area contributed by atoms with Crippen LogP contribution in [0.3, 0.4) is 0 Å². The lowest BCUT2D eigenvalue weighted by molar-refractivity contribution is 0.0944. The molecule has 8 nitrogen and oxygen atoms in total. The molecular formula is C11H15N7O. The smallest absolute Gasteiger partial charge is 0.272 e. The van der Waals surface area contributed by atoms with Crippen LogP contribution >= 0.6 is 0 Å². The number of aromatic amines is 1. The van der Waals surface area contributed by atoms with Crippen LogP contribution in [0.5, 0.6) is 0 Å². The van der Waals surface area contributed by atoms with Crippen molar-refractivity contribution in [1.82, 2.24) is 30.7 Å². The molecule has 0 bridgehead atoms. The van der Waals surface area contributed by atoms with Crippen LogP contribution in [0.2, 0.25) is 0 Å². The summed E-state index contributed by atoms with van der Waals surface area (Å²) in [4.78, 5) is 15.7. The van der Waals surface area contributed by atoms with E-state index in [0.29, 0.717) is 11.6 Å². The number of aromatic nitrogens is 5. The van der Waals surface area contributed by atoms with Crippen LogP contribution < -0.4 is 10.6 Å². The predicted octanol–water partition coefficient (Wildman–Crippen LogP) is 0.347. The van der Waals surface area contributed by atoms with Crippen molar-refractivity contribution in [3.8, 4) is 0 Å². The monoisotopic (exact) mass is 261 g/mol. The van der Waals surface area contributed by atoms with Gasteiger partial charge in [-0.2, -0.15) is 5.10 Å². The Kier molecular flexibility index (Phi) is 4.38. The first-order valence-electron chi connectivity index (χ1n) is 5.99. The van der Waals surface area contributed by atoms with Gasteiger partial charge in [-0.05, 0) is 18.6 Å². The molecule has 0 radical (unpaired) electrons. The number of carbonyl (C=O) groups is 1. The molecule has 0 saturated heterocycles. The molecule has 0 aromatic carbocycles. The minimum Gasteiger partial charge on any atom is -0.369 e. The molecule has 1 amide bonds. The van der Waals surface area contributed by atoms with E-state index in [9.17, 15) is 4.79 Å². The van der Waals surface area contributed by atoms with Crippen LogP contribution in [-0.4, -0.2) is 37.8 Å². The van der Waals surface area contributed by atoms with Gasteiger partial charge in [0.15, 0.2) is 5.69 Å².